The van der Waals surface area contributed by atoms with Crippen molar-refractivity contribution in [3.63, 3.8) is 0 Å². The van der Waals surface area contributed by atoms with Crippen molar-refractivity contribution in [2.45, 2.75) is 25.0 Å². The first-order valence-electron chi connectivity index (χ1n) is 6.30. The van der Waals surface area contributed by atoms with Crippen LogP contribution >= 0.6 is 0 Å². The number of aliphatic hydroxyl groups is 1. The van der Waals surface area contributed by atoms with Crippen LogP contribution in [-0.2, 0) is 19.1 Å². The van der Waals surface area contributed by atoms with E-state index in [0.29, 0.717) is 19.4 Å². The van der Waals surface area contributed by atoms with Crippen LogP contribution in [0.25, 0.3) is 0 Å². The van der Waals surface area contributed by atoms with Gasteiger partial charge in [0.25, 0.3) is 5.91 Å². The molecule has 1 saturated heterocycles. The maximum absolute atomic E-state index is 11.9. The van der Waals surface area contributed by atoms with Crippen molar-refractivity contribution in [3.05, 3.63) is 0 Å². The van der Waals surface area contributed by atoms with Crippen molar-refractivity contribution in [2.24, 2.45) is 11.5 Å². The topological polar surface area (TPSA) is 165 Å². The van der Waals surface area contributed by atoms with Gasteiger partial charge in [-0.3, -0.25) is 14.4 Å². The van der Waals surface area contributed by atoms with Crippen LogP contribution in [0.1, 0.15) is 12.8 Å². The molecule has 6 N–H and O–H groups in total. The first kappa shape index (κ1) is 16.7. The average Bonchev–Trinajstić information content (AvgIpc) is 2.91. The van der Waals surface area contributed by atoms with Crippen LogP contribution in [0.2, 0.25) is 0 Å². The predicted octanol–water partition coefficient (Wildman–Crippen LogP) is -2.96. The van der Waals surface area contributed by atoms with E-state index in [-0.39, 0.29) is 0 Å². The van der Waals surface area contributed by atoms with Crippen LogP contribution in [0, 0.1) is 0 Å². The molecule has 0 aliphatic carbocycles. The number of amides is 4. The molecule has 0 saturated carbocycles. The molecule has 0 radical (unpaired) electrons. The lowest BCUT2D eigenvalue weighted by atomic mass is 10.2. The standard InChI is InChI=1S/C11H18N4O6/c12-9(18)6-2-1-3-15(6)8(17)4-14-10(19)7(5-16)21-11(13)20/h6-7,16H,1-5H2,(H2,12,18)(H2,13,20)(H,14,19). The molecular weight excluding hydrogens is 284 g/mol. The molecule has 2 atom stereocenters. The predicted molar refractivity (Wildman–Crippen MR) is 68.5 cm³/mol. The Kier molecular flexibility index (Phi) is 5.91. The van der Waals surface area contributed by atoms with Gasteiger partial charge in [0.1, 0.15) is 6.04 Å². The van der Waals surface area contributed by atoms with Crippen LogP contribution in [0.5, 0.6) is 0 Å². The largest absolute Gasteiger partial charge is 0.434 e. The maximum atomic E-state index is 11.9. The zero-order valence-corrected chi connectivity index (χ0v) is 11.3. The molecule has 4 amide bonds. The maximum Gasteiger partial charge on any atom is 0.405 e. The van der Waals surface area contributed by atoms with Gasteiger partial charge >= 0.3 is 6.09 Å². The summed E-state index contributed by atoms with van der Waals surface area (Å²) in [5, 5.41) is 11.1. The molecule has 0 aromatic heterocycles. The van der Waals surface area contributed by atoms with E-state index in [2.05, 4.69) is 10.1 Å². The Labute approximate surface area is 120 Å². The van der Waals surface area contributed by atoms with Crippen LogP contribution in [0.4, 0.5) is 4.79 Å². The van der Waals surface area contributed by atoms with E-state index in [1.54, 1.807) is 0 Å². The van der Waals surface area contributed by atoms with Gasteiger partial charge in [0.05, 0.1) is 13.2 Å². The lowest BCUT2D eigenvalue weighted by Gasteiger charge is -2.22. The SMILES string of the molecule is NC(=O)OC(CO)C(=O)NCC(=O)N1CCCC1C(N)=O. The van der Waals surface area contributed by atoms with Gasteiger partial charge in [-0.25, -0.2) is 4.79 Å². The quantitative estimate of drug-likeness (QED) is 0.409. The molecule has 10 heteroatoms. The molecule has 118 valence electrons. The Morgan fingerprint density at radius 3 is 2.52 bits per heavy atom. The minimum Gasteiger partial charge on any atom is -0.434 e. The summed E-state index contributed by atoms with van der Waals surface area (Å²) < 4.78 is 4.36. The summed E-state index contributed by atoms with van der Waals surface area (Å²) in [6, 6.07) is -0.676. The van der Waals surface area contributed by atoms with Crippen molar-refractivity contribution < 1.29 is 29.0 Å². The Morgan fingerprint density at radius 2 is 2.00 bits per heavy atom. The van der Waals surface area contributed by atoms with Gasteiger partial charge in [-0.05, 0) is 12.8 Å². The summed E-state index contributed by atoms with van der Waals surface area (Å²) in [6.07, 6.45) is -1.57. The summed E-state index contributed by atoms with van der Waals surface area (Å²) in [5.41, 5.74) is 9.92. The number of nitrogens with two attached hydrogens (primary N) is 2. The number of primary amides is 2. The van der Waals surface area contributed by atoms with Gasteiger partial charge in [0.15, 0.2) is 0 Å². The highest BCUT2D eigenvalue weighted by Crippen LogP contribution is 2.16. The van der Waals surface area contributed by atoms with Gasteiger partial charge in [-0.1, -0.05) is 0 Å². The average molecular weight is 302 g/mol. The molecule has 0 aromatic carbocycles. The van der Waals surface area contributed by atoms with Gasteiger partial charge in [-0.2, -0.15) is 0 Å². The summed E-state index contributed by atoms with van der Waals surface area (Å²) in [5.74, 6) is -1.95. The molecule has 2 unspecified atom stereocenters. The van der Waals surface area contributed by atoms with Gasteiger partial charge in [0.2, 0.25) is 17.9 Å². The number of aliphatic hydroxyl groups excluding tert-OH is 1. The van der Waals surface area contributed by atoms with Crippen molar-refractivity contribution >= 4 is 23.8 Å². The molecule has 1 aliphatic rings. The normalized spacial score (nSPS) is 18.9. The number of rotatable bonds is 6. The second-order valence-corrected chi connectivity index (χ2v) is 4.47. The van der Waals surface area contributed by atoms with E-state index in [1.807, 2.05) is 0 Å². The number of carbonyl (C=O) groups excluding carboxylic acids is 4. The molecule has 1 rings (SSSR count). The minimum atomic E-state index is -1.49. The molecule has 0 spiro atoms. The lowest BCUT2D eigenvalue weighted by molar-refractivity contribution is -0.139. The molecule has 1 aliphatic heterocycles. The summed E-state index contributed by atoms with van der Waals surface area (Å²) in [4.78, 5) is 46.5. The third kappa shape index (κ3) is 4.60. The van der Waals surface area contributed by atoms with Crippen molar-refractivity contribution in [1.82, 2.24) is 10.2 Å². The Morgan fingerprint density at radius 1 is 1.33 bits per heavy atom. The highest BCUT2D eigenvalue weighted by molar-refractivity contribution is 5.91. The first-order valence-corrected chi connectivity index (χ1v) is 6.30. The van der Waals surface area contributed by atoms with Crippen molar-refractivity contribution in [1.29, 1.82) is 0 Å². The fourth-order valence-electron chi connectivity index (χ4n) is 2.05. The number of hydrogen-bond donors (Lipinski definition) is 4. The second kappa shape index (κ2) is 7.43. The van der Waals surface area contributed by atoms with Crippen LogP contribution < -0.4 is 16.8 Å². The van der Waals surface area contributed by atoms with Gasteiger partial charge in [-0.15, -0.1) is 0 Å². The number of likely N-dealkylation sites (tertiary alicyclic amines) is 1. The van der Waals surface area contributed by atoms with Crippen LogP contribution in [0.15, 0.2) is 0 Å². The monoisotopic (exact) mass is 302 g/mol. The summed E-state index contributed by atoms with van der Waals surface area (Å²) in [6.45, 7) is -0.790. The Bertz CT molecular complexity index is 440. The number of nitrogens with zero attached hydrogens (tertiary/aromatic N) is 1. The molecule has 1 fully saturated rings. The highest BCUT2D eigenvalue weighted by atomic mass is 16.6. The van der Waals surface area contributed by atoms with E-state index in [0.717, 1.165) is 0 Å². The van der Waals surface area contributed by atoms with Gasteiger partial charge in [0, 0.05) is 6.54 Å². The number of nitrogens with one attached hydrogen (secondary N) is 1. The summed E-state index contributed by atoms with van der Waals surface area (Å²) >= 11 is 0. The second-order valence-electron chi connectivity index (χ2n) is 4.47. The summed E-state index contributed by atoms with van der Waals surface area (Å²) in [7, 11) is 0. The van der Waals surface area contributed by atoms with Crippen LogP contribution in [-0.4, -0.2) is 65.7 Å². The molecule has 0 bridgehead atoms. The molecular formula is C11H18N4O6. The zero-order valence-electron chi connectivity index (χ0n) is 11.3. The third-order valence-corrected chi connectivity index (χ3v) is 3.03. The fraction of sp³-hybridized carbons (Fsp3) is 0.636. The molecule has 1 heterocycles. The van der Waals surface area contributed by atoms with Crippen LogP contribution in [0.3, 0.4) is 0 Å². The molecule has 0 aromatic rings. The Balaban J connectivity index is 2.50. The molecule has 10 nitrogen and oxygen atoms in total. The Hall–Kier alpha value is -2.36. The van der Waals surface area contributed by atoms with Crippen molar-refractivity contribution in [2.75, 3.05) is 19.7 Å². The zero-order chi connectivity index (χ0) is 16.0. The van der Waals surface area contributed by atoms with E-state index >= 15 is 0 Å². The minimum absolute atomic E-state index is 0.378. The number of hydrogen-bond acceptors (Lipinski definition) is 6. The first-order chi connectivity index (χ1) is 9.86. The lowest BCUT2D eigenvalue weighted by Crippen LogP contribution is -2.49. The van der Waals surface area contributed by atoms with E-state index in [1.165, 1.54) is 4.90 Å². The fourth-order valence-corrected chi connectivity index (χ4v) is 2.05. The van der Waals surface area contributed by atoms with Gasteiger partial charge < -0.3 is 31.5 Å². The number of carbonyl (C=O) groups is 4. The molecule has 21 heavy (non-hydrogen) atoms. The highest BCUT2D eigenvalue weighted by Gasteiger charge is 2.33. The number of ether oxygens (including phenoxy) is 1. The van der Waals surface area contributed by atoms with E-state index in [4.69, 9.17) is 16.6 Å². The van der Waals surface area contributed by atoms with E-state index in [9.17, 15) is 19.2 Å². The smallest absolute Gasteiger partial charge is 0.405 e. The van der Waals surface area contributed by atoms with E-state index < -0.39 is 49.1 Å². The third-order valence-electron chi connectivity index (χ3n) is 3.03. The van der Waals surface area contributed by atoms with Crippen molar-refractivity contribution in [3.8, 4) is 0 Å².